The van der Waals surface area contributed by atoms with E-state index in [2.05, 4.69) is 194 Å². The van der Waals surface area contributed by atoms with E-state index < -0.39 is 0 Å². The summed E-state index contributed by atoms with van der Waals surface area (Å²) in [5, 5.41) is 5.17. The number of nitrogens with zero attached hydrogens (tertiary/aromatic N) is 2. The molecule has 0 amide bonds. The lowest BCUT2D eigenvalue weighted by Crippen LogP contribution is -2.60. The van der Waals surface area contributed by atoms with E-state index in [-0.39, 0.29) is 12.3 Å². The van der Waals surface area contributed by atoms with Crippen molar-refractivity contribution < 1.29 is 0 Å². The molecule has 296 valence electrons. The number of fused-ring (bicyclic) bond motifs is 15. The minimum absolute atomic E-state index is 0.0357. The van der Waals surface area contributed by atoms with Crippen molar-refractivity contribution in [3.8, 4) is 27.9 Å². The second kappa shape index (κ2) is 12.4. The molecule has 14 rings (SSSR count). The van der Waals surface area contributed by atoms with Gasteiger partial charge in [0.05, 0.1) is 11.0 Å². The monoisotopic (exact) mass is 838 g/mol. The Morgan fingerprint density at radius 1 is 0.556 bits per heavy atom. The number of allylic oxidation sites excluding steroid dienone is 2. The molecule has 63 heavy (non-hydrogen) atoms. The van der Waals surface area contributed by atoms with Gasteiger partial charge >= 0.3 is 6.85 Å². The predicted molar refractivity (Wildman–Crippen MR) is 274 cm³/mol. The van der Waals surface area contributed by atoms with Crippen LogP contribution in [-0.2, 0) is 5.41 Å². The maximum absolute atomic E-state index is 4.74. The standard InChI is InChI=1S/C58H39BN2S2/c1-32-25-53(34-13-7-6-8-14-34)63-54-31-51-48(28-42(32)54)59-56-40(23-24-41-46-26-43-33(2)37-15-9-10-16-38(37)44(43)29-49(46)60(51)57(41)56)45-27-47-39-17-11-12-18-52(39)62-55(47)30-50(45)61(59)36-21-19-35(20-22-36)58(3,4)5/h6-31H,1-2H2,3-5H3. The zero-order chi connectivity index (χ0) is 42.0. The molecule has 5 heteroatoms. The average molecular weight is 839 g/mol. The van der Waals surface area contributed by atoms with E-state index in [0.29, 0.717) is 0 Å². The van der Waals surface area contributed by atoms with E-state index in [1.807, 2.05) is 23.1 Å². The van der Waals surface area contributed by atoms with Crippen molar-refractivity contribution in [3.05, 3.63) is 199 Å². The van der Waals surface area contributed by atoms with Gasteiger partial charge in [-0.2, -0.15) is 0 Å². The molecular formula is C58H39BN2S2. The summed E-state index contributed by atoms with van der Waals surface area (Å²) < 4.78 is 5.25. The Hall–Kier alpha value is -6.79. The molecule has 4 aliphatic rings. The van der Waals surface area contributed by atoms with Gasteiger partial charge in [-0.25, -0.2) is 0 Å². The lowest BCUT2D eigenvalue weighted by atomic mass is 9.43. The van der Waals surface area contributed by atoms with Crippen LogP contribution in [0.3, 0.4) is 0 Å². The van der Waals surface area contributed by atoms with Crippen LogP contribution >= 0.6 is 23.1 Å². The number of thiophene rings is 1. The molecule has 0 fully saturated rings. The molecule has 5 heterocycles. The first-order chi connectivity index (χ1) is 30.7. The Labute approximate surface area is 375 Å². The Morgan fingerprint density at radius 2 is 1.32 bits per heavy atom. The fourth-order valence-electron chi connectivity index (χ4n) is 11.1. The molecule has 0 spiro atoms. The Morgan fingerprint density at radius 3 is 2.14 bits per heavy atom. The minimum Gasteiger partial charge on any atom is -0.376 e. The summed E-state index contributed by atoms with van der Waals surface area (Å²) in [4.78, 5) is 5.13. The summed E-state index contributed by atoms with van der Waals surface area (Å²) in [6.07, 6.45) is 2.28. The molecule has 8 aromatic carbocycles. The number of aromatic nitrogens is 1. The second-order valence-corrected chi connectivity index (χ2v) is 20.8. The third kappa shape index (κ3) is 4.81. The topological polar surface area (TPSA) is 8.17 Å². The van der Waals surface area contributed by atoms with Gasteiger partial charge in [0.25, 0.3) is 0 Å². The zero-order valence-corrected chi connectivity index (χ0v) is 36.8. The highest BCUT2D eigenvalue weighted by Crippen LogP contribution is 2.52. The van der Waals surface area contributed by atoms with E-state index in [1.165, 1.54) is 130 Å². The molecular weight excluding hydrogens is 800 g/mol. The first-order valence-electron chi connectivity index (χ1n) is 21.8. The van der Waals surface area contributed by atoms with E-state index >= 15 is 0 Å². The summed E-state index contributed by atoms with van der Waals surface area (Å²) in [7, 11) is 0. The number of hydrogen-bond donors (Lipinski definition) is 0. The maximum Gasteiger partial charge on any atom is 0.333 e. The van der Waals surface area contributed by atoms with Crippen molar-refractivity contribution in [2.75, 3.05) is 4.81 Å². The van der Waals surface area contributed by atoms with Gasteiger partial charge in [-0.1, -0.05) is 149 Å². The SMILES string of the molecule is C=C1C=C(c2ccccc2)Sc2cc3c(cc21)B1c2c(ccc4c5cc6c(cc5n-3c24)-c2ccccc2C6=C)-c2cc3c(cc2N1c1ccc(C(C)(C)C)cc1)sc1ccccc13. The third-order valence-corrected chi connectivity index (χ3v) is 16.4. The highest BCUT2D eigenvalue weighted by molar-refractivity contribution is 8.08. The number of thioether (sulfide) groups is 1. The Bertz CT molecular complexity index is 3780. The van der Waals surface area contributed by atoms with Crippen molar-refractivity contribution in [1.29, 1.82) is 0 Å². The number of benzene rings is 8. The largest absolute Gasteiger partial charge is 0.376 e. The van der Waals surface area contributed by atoms with Crippen LogP contribution in [0.5, 0.6) is 0 Å². The quantitative estimate of drug-likeness (QED) is 0.160. The smallest absolute Gasteiger partial charge is 0.333 e. The molecule has 2 nitrogen and oxygen atoms in total. The first kappa shape index (κ1) is 35.8. The average Bonchev–Trinajstić information content (AvgIpc) is 3.93. The van der Waals surface area contributed by atoms with Crippen LogP contribution in [0, 0.1) is 0 Å². The fraction of sp³-hybridized carbons (Fsp3) is 0.0690. The molecule has 3 aliphatic heterocycles. The van der Waals surface area contributed by atoms with Gasteiger partial charge in [-0.3, -0.25) is 0 Å². The highest BCUT2D eigenvalue weighted by Gasteiger charge is 2.45. The second-order valence-electron chi connectivity index (χ2n) is 18.6. The van der Waals surface area contributed by atoms with Crippen LogP contribution in [0.25, 0.3) is 86.0 Å². The lowest BCUT2D eigenvalue weighted by Gasteiger charge is -2.42. The molecule has 0 saturated heterocycles. The fourth-order valence-corrected chi connectivity index (χ4v) is 13.4. The van der Waals surface area contributed by atoms with E-state index in [9.17, 15) is 0 Å². The summed E-state index contributed by atoms with van der Waals surface area (Å²) in [6, 6.07) is 57.5. The molecule has 0 unspecified atom stereocenters. The van der Waals surface area contributed by atoms with Crippen LogP contribution in [0.2, 0.25) is 0 Å². The minimum atomic E-state index is -0.0968. The van der Waals surface area contributed by atoms with Crippen LogP contribution < -0.4 is 15.7 Å². The maximum atomic E-state index is 4.74. The zero-order valence-electron chi connectivity index (χ0n) is 35.2. The molecule has 1 aliphatic carbocycles. The van der Waals surface area contributed by atoms with Crippen molar-refractivity contribution >= 4 is 110 Å². The Kier molecular flexibility index (Phi) is 7.06. The van der Waals surface area contributed by atoms with Gasteiger partial charge in [0, 0.05) is 63.4 Å². The van der Waals surface area contributed by atoms with Gasteiger partial charge in [0.1, 0.15) is 0 Å². The van der Waals surface area contributed by atoms with Crippen molar-refractivity contribution in [3.63, 3.8) is 0 Å². The highest BCUT2D eigenvalue weighted by atomic mass is 32.2. The predicted octanol–water partition coefficient (Wildman–Crippen LogP) is 14.9. The van der Waals surface area contributed by atoms with Gasteiger partial charge in [0.2, 0.25) is 0 Å². The summed E-state index contributed by atoms with van der Waals surface area (Å²) in [5.74, 6) is 0. The summed E-state index contributed by atoms with van der Waals surface area (Å²) in [6.45, 7) is 16.2. The van der Waals surface area contributed by atoms with Crippen LogP contribution in [0.1, 0.15) is 48.6 Å². The van der Waals surface area contributed by atoms with Gasteiger partial charge in [-0.05, 0) is 127 Å². The molecule has 0 bridgehead atoms. The molecule has 2 aromatic heterocycles. The van der Waals surface area contributed by atoms with Crippen molar-refractivity contribution in [1.82, 2.24) is 4.57 Å². The molecule has 10 aromatic rings. The number of rotatable bonds is 2. The normalized spacial score (nSPS) is 14.6. The van der Waals surface area contributed by atoms with Gasteiger partial charge < -0.3 is 9.38 Å². The van der Waals surface area contributed by atoms with Crippen LogP contribution in [-0.4, -0.2) is 11.4 Å². The van der Waals surface area contributed by atoms with Crippen molar-refractivity contribution in [2.45, 2.75) is 31.1 Å². The van der Waals surface area contributed by atoms with Gasteiger partial charge in [0.15, 0.2) is 0 Å². The first-order valence-corrected chi connectivity index (χ1v) is 23.4. The lowest BCUT2D eigenvalue weighted by molar-refractivity contribution is 0.590. The van der Waals surface area contributed by atoms with E-state index in [1.54, 1.807) is 0 Å². The van der Waals surface area contributed by atoms with E-state index in [0.717, 1.165) is 11.1 Å². The molecule has 0 radical (unpaired) electrons. The number of anilines is 2. The molecule has 0 atom stereocenters. The summed E-state index contributed by atoms with van der Waals surface area (Å²) in [5.41, 5.74) is 22.3. The van der Waals surface area contributed by atoms with E-state index in [4.69, 9.17) is 6.58 Å². The van der Waals surface area contributed by atoms with Crippen LogP contribution in [0.15, 0.2) is 176 Å². The summed E-state index contributed by atoms with van der Waals surface area (Å²) >= 11 is 3.75. The Balaban J connectivity index is 1.12. The van der Waals surface area contributed by atoms with Crippen molar-refractivity contribution in [2.24, 2.45) is 0 Å². The third-order valence-electron chi connectivity index (χ3n) is 14.2. The van der Waals surface area contributed by atoms with Crippen LogP contribution in [0.4, 0.5) is 11.4 Å². The molecule has 0 N–H and O–H groups in total. The molecule has 0 saturated carbocycles. The van der Waals surface area contributed by atoms with Gasteiger partial charge in [-0.15, -0.1) is 11.3 Å². The number of hydrogen-bond acceptors (Lipinski definition) is 3.